The number of carbonyl (C=O) groups excluding carboxylic acids is 1. The lowest BCUT2D eigenvalue weighted by Crippen LogP contribution is -2.07. The van der Waals surface area contributed by atoms with Crippen LogP contribution in [0.2, 0.25) is 5.02 Å². The summed E-state index contributed by atoms with van der Waals surface area (Å²) < 4.78 is 5.74. The summed E-state index contributed by atoms with van der Waals surface area (Å²) in [6.45, 7) is 0. The summed E-state index contributed by atoms with van der Waals surface area (Å²) in [6, 6.07) is 15.9. The van der Waals surface area contributed by atoms with Crippen molar-refractivity contribution in [3.63, 3.8) is 0 Å². The number of carbonyl (C=O) groups is 1. The van der Waals surface area contributed by atoms with Crippen molar-refractivity contribution < 1.29 is 24.5 Å². The quantitative estimate of drug-likeness (QED) is 0.256. The van der Waals surface area contributed by atoms with Crippen LogP contribution < -0.4 is 5.32 Å². The van der Waals surface area contributed by atoms with Crippen LogP contribution in [0, 0.1) is 0 Å². The normalized spacial score (nSPS) is 11.2. The van der Waals surface area contributed by atoms with Gasteiger partial charge in [0.2, 0.25) is 5.91 Å². The average Bonchev–Trinajstić information content (AvgIpc) is 3.18. The molecule has 1 amide bonds. The Hall–Kier alpha value is -3.90. The number of benzene rings is 3. The number of nitrogens with one attached hydrogen (secondary N) is 1. The van der Waals surface area contributed by atoms with E-state index in [-0.39, 0.29) is 28.7 Å². The highest BCUT2D eigenvalue weighted by molar-refractivity contribution is 6.30. The molecule has 1 heterocycles. The summed E-state index contributed by atoms with van der Waals surface area (Å²) >= 11 is 5.84. The van der Waals surface area contributed by atoms with Crippen molar-refractivity contribution in [2.75, 3.05) is 5.32 Å². The molecule has 0 bridgehead atoms. The van der Waals surface area contributed by atoms with Gasteiger partial charge in [-0.15, -0.1) is 0 Å². The first kappa shape index (κ1) is 19.4. The Kier molecular flexibility index (Phi) is 5.08. The molecule has 0 aliphatic rings. The molecule has 0 radical (unpaired) electrons. The lowest BCUT2D eigenvalue weighted by Gasteiger charge is -2.02. The highest BCUT2D eigenvalue weighted by Gasteiger charge is 2.14. The Morgan fingerprint density at radius 2 is 1.63 bits per heavy atom. The molecule has 4 rings (SSSR count). The molecule has 0 saturated carbocycles. The molecule has 0 aliphatic carbocycles. The maximum Gasteiger partial charge on any atom is 0.248 e. The van der Waals surface area contributed by atoms with E-state index in [0.29, 0.717) is 33.0 Å². The lowest BCUT2D eigenvalue weighted by atomic mass is 10.1. The van der Waals surface area contributed by atoms with E-state index in [1.165, 1.54) is 24.3 Å². The molecular formula is C23H16ClNO5. The predicted octanol–water partition coefficient (Wildman–Crippen LogP) is 5.52. The van der Waals surface area contributed by atoms with Crippen LogP contribution in [0.25, 0.3) is 28.4 Å². The van der Waals surface area contributed by atoms with Crippen molar-refractivity contribution in [1.82, 2.24) is 0 Å². The lowest BCUT2D eigenvalue weighted by molar-refractivity contribution is -0.111. The molecule has 7 heteroatoms. The third-order valence-electron chi connectivity index (χ3n) is 4.48. The molecule has 0 atom stereocenters. The van der Waals surface area contributed by atoms with E-state index in [9.17, 15) is 20.1 Å². The van der Waals surface area contributed by atoms with E-state index in [4.69, 9.17) is 16.0 Å². The van der Waals surface area contributed by atoms with Gasteiger partial charge in [0, 0.05) is 27.7 Å². The fraction of sp³-hybridized carbons (Fsp3) is 0. The highest BCUT2D eigenvalue weighted by atomic mass is 35.5. The Balaban J connectivity index is 1.64. The number of hydrogen-bond donors (Lipinski definition) is 4. The summed E-state index contributed by atoms with van der Waals surface area (Å²) in [6.07, 6.45) is 2.99. The van der Waals surface area contributed by atoms with Gasteiger partial charge in [-0.25, -0.2) is 0 Å². The smallest absolute Gasteiger partial charge is 0.248 e. The summed E-state index contributed by atoms with van der Waals surface area (Å²) in [7, 11) is 0. The zero-order valence-electron chi connectivity index (χ0n) is 15.5. The number of fused-ring (bicyclic) bond motifs is 1. The first-order valence-corrected chi connectivity index (χ1v) is 9.31. The standard InChI is InChI=1S/C23H16ClNO5/c24-15-4-6-16(7-5-15)25-22(29)10-3-13-1-9-19(27)23-17(13)12-21(30-23)14-2-8-18(26)20(28)11-14/h1-12,26-28H,(H,25,29)/b10-3+. The van der Waals surface area contributed by atoms with E-state index < -0.39 is 0 Å². The predicted molar refractivity (Wildman–Crippen MR) is 116 cm³/mol. The maximum atomic E-state index is 12.2. The number of rotatable bonds is 4. The van der Waals surface area contributed by atoms with Gasteiger partial charge in [0.05, 0.1) is 0 Å². The zero-order valence-corrected chi connectivity index (χ0v) is 16.2. The maximum absolute atomic E-state index is 12.2. The molecule has 4 N–H and O–H groups in total. The molecule has 4 aromatic rings. The number of anilines is 1. The van der Waals surface area contributed by atoms with Crippen molar-refractivity contribution >= 4 is 40.2 Å². The molecular weight excluding hydrogens is 406 g/mol. The second-order valence-electron chi connectivity index (χ2n) is 6.56. The topological polar surface area (TPSA) is 103 Å². The third-order valence-corrected chi connectivity index (χ3v) is 4.73. The van der Waals surface area contributed by atoms with E-state index in [1.807, 2.05) is 0 Å². The molecule has 6 nitrogen and oxygen atoms in total. The molecule has 0 aliphatic heterocycles. The SMILES string of the molecule is O=C(/C=C/c1ccc(O)c2oc(-c3ccc(O)c(O)c3)cc12)Nc1ccc(Cl)cc1. The monoisotopic (exact) mass is 421 g/mol. The number of aromatic hydroxyl groups is 3. The van der Waals surface area contributed by atoms with Crippen molar-refractivity contribution in [2.45, 2.75) is 0 Å². The fourth-order valence-electron chi connectivity index (χ4n) is 2.98. The number of phenols is 3. The number of hydrogen-bond acceptors (Lipinski definition) is 5. The van der Waals surface area contributed by atoms with Crippen LogP contribution in [0.5, 0.6) is 17.2 Å². The Morgan fingerprint density at radius 3 is 2.37 bits per heavy atom. The van der Waals surface area contributed by atoms with E-state index in [0.717, 1.165) is 0 Å². The van der Waals surface area contributed by atoms with Crippen LogP contribution in [0.3, 0.4) is 0 Å². The minimum Gasteiger partial charge on any atom is -0.504 e. The Labute approximate surface area is 176 Å². The van der Waals surface area contributed by atoms with Gasteiger partial charge in [0.25, 0.3) is 0 Å². The second-order valence-corrected chi connectivity index (χ2v) is 7.00. The highest BCUT2D eigenvalue weighted by Crippen LogP contribution is 2.37. The van der Waals surface area contributed by atoms with Crippen LogP contribution in [0.1, 0.15) is 5.56 Å². The average molecular weight is 422 g/mol. The van der Waals surface area contributed by atoms with Gasteiger partial charge in [-0.1, -0.05) is 17.7 Å². The van der Waals surface area contributed by atoms with Gasteiger partial charge in [-0.3, -0.25) is 4.79 Å². The summed E-state index contributed by atoms with van der Waals surface area (Å²) in [5, 5.41) is 33.3. The van der Waals surface area contributed by atoms with Crippen LogP contribution in [0.15, 0.2) is 71.2 Å². The minimum absolute atomic E-state index is 0.0537. The molecule has 0 saturated heterocycles. The van der Waals surface area contributed by atoms with Crippen molar-refractivity contribution in [1.29, 1.82) is 0 Å². The fourth-order valence-corrected chi connectivity index (χ4v) is 3.10. The molecule has 150 valence electrons. The molecule has 0 fully saturated rings. The van der Waals surface area contributed by atoms with Gasteiger partial charge in [-0.2, -0.15) is 0 Å². The molecule has 0 spiro atoms. The van der Waals surface area contributed by atoms with Crippen LogP contribution in [0.4, 0.5) is 5.69 Å². The minimum atomic E-state index is -0.328. The van der Waals surface area contributed by atoms with Crippen LogP contribution in [-0.4, -0.2) is 21.2 Å². The number of furan rings is 1. The third kappa shape index (κ3) is 3.94. The zero-order chi connectivity index (χ0) is 21.3. The summed E-state index contributed by atoms with van der Waals surface area (Å²) in [5.74, 6) is -0.515. The summed E-state index contributed by atoms with van der Waals surface area (Å²) in [5.41, 5.74) is 2.05. The first-order valence-electron chi connectivity index (χ1n) is 8.93. The van der Waals surface area contributed by atoms with Crippen LogP contribution in [-0.2, 0) is 4.79 Å². The van der Waals surface area contributed by atoms with Gasteiger partial charge in [0.15, 0.2) is 22.8 Å². The number of halogens is 1. The van der Waals surface area contributed by atoms with E-state index in [2.05, 4.69) is 5.32 Å². The van der Waals surface area contributed by atoms with Crippen LogP contribution >= 0.6 is 11.6 Å². The Morgan fingerprint density at radius 1 is 0.900 bits per heavy atom. The molecule has 1 aromatic heterocycles. The largest absolute Gasteiger partial charge is 0.504 e. The van der Waals surface area contributed by atoms with Gasteiger partial charge in [-0.05, 0) is 66.2 Å². The van der Waals surface area contributed by atoms with Gasteiger partial charge >= 0.3 is 0 Å². The second kappa shape index (κ2) is 7.85. The van der Waals surface area contributed by atoms with E-state index >= 15 is 0 Å². The van der Waals surface area contributed by atoms with Crippen molar-refractivity contribution in [3.8, 4) is 28.6 Å². The van der Waals surface area contributed by atoms with Crippen molar-refractivity contribution in [3.05, 3.63) is 77.3 Å². The van der Waals surface area contributed by atoms with Gasteiger partial charge < -0.3 is 25.1 Å². The van der Waals surface area contributed by atoms with Crippen molar-refractivity contribution in [2.24, 2.45) is 0 Å². The van der Waals surface area contributed by atoms with E-state index in [1.54, 1.807) is 48.5 Å². The Bertz CT molecular complexity index is 1270. The molecule has 0 unspecified atom stereocenters. The number of phenolic OH excluding ortho intramolecular Hbond substituents is 3. The first-order chi connectivity index (χ1) is 14.4. The number of amides is 1. The molecule has 3 aromatic carbocycles. The molecule has 30 heavy (non-hydrogen) atoms. The van der Waals surface area contributed by atoms with Gasteiger partial charge in [0.1, 0.15) is 5.76 Å². The summed E-state index contributed by atoms with van der Waals surface area (Å²) in [4.78, 5) is 12.2.